The van der Waals surface area contributed by atoms with Crippen molar-refractivity contribution in [3.63, 3.8) is 0 Å². The number of rotatable bonds is 2. The second kappa shape index (κ2) is 4.73. The van der Waals surface area contributed by atoms with Crippen LogP contribution >= 0.6 is 11.6 Å². The van der Waals surface area contributed by atoms with Crippen LogP contribution in [0.15, 0.2) is 29.3 Å². The van der Waals surface area contributed by atoms with Gasteiger partial charge in [0.15, 0.2) is 16.8 Å². The molecule has 94 valence electrons. The Hall–Kier alpha value is -1.95. The Bertz CT molecular complexity index is 657. The van der Waals surface area contributed by atoms with Gasteiger partial charge in [0.1, 0.15) is 5.69 Å². The smallest absolute Gasteiger partial charge is 0.278 e. The predicted molar refractivity (Wildman–Crippen MR) is 63.4 cm³/mol. The van der Waals surface area contributed by atoms with Gasteiger partial charge in [-0.15, -0.1) is 0 Å². The van der Waals surface area contributed by atoms with Crippen LogP contribution in [0.1, 0.15) is 5.56 Å². The minimum absolute atomic E-state index is 0.0321. The molecule has 4 nitrogen and oxygen atoms in total. The van der Waals surface area contributed by atoms with Gasteiger partial charge in [-0.05, 0) is 17.7 Å². The fourth-order valence-electron chi connectivity index (χ4n) is 1.43. The highest BCUT2D eigenvalue weighted by molar-refractivity contribution is 6.31. The van der Waals surface area contributed by atoms with Crippen molar-refractivity contribution in [3.8, 4) is 0 Å². The van der Waals surface area contributed by atoms with Gasteiger partial charge in [0.2, 0.25) is 0 Å². The molecule has 2 aromatic rings. The number of anilines is 1. The molecular formula is C11H8ClF2N3O. The van der Waals surface area contributed by atoms with E-state index in [1.54, 1.807) is 0 Å². The van der Waals surface area contributed by atoms with Crippen molar-refractivity contribution in [3.05, 3.63) is 57.2 Å². The Labute approximate surface area is 106 Å². The van der Waals surface area contributed by atoms with Crippen molar-refractivity contribution < 1.29 is 8.78 Å². The Balaban J connectivity index is 2.37. The van der Waals surface area contributed by atoms with Gasteiger partial charge in [-0.25, -0.2) is 13.8 Å². The first-order valence-corrected chi connectivity index (χ1v) is 5.31. The maximum atomic E-state index is 13.0. The first-order chi connectivity index (χ1) is 8.49. The molecule has 0 fully saturated rings. The zero-order valence-electron chi connectivity index (χ0n) is 9.03. The largest absolute Gasteiger partial charge is 0.392 e. The Morgan fingerprint density at radius 2 is 2.06 bits per heavy atom. The summed E-state index contributed by atoms with van der Waals surface area (Å²) in [5, 5.41) is -0.0819. The monoisotopic (exact) mass is 271 g/mol. The number of halogens is 3. The Morgan fingerprint density at radius 3 is 2.72 bits per heavy atom. The van der Waals surface area contributed by atoms with Crippen LogP contribution in [0, 0.1) is 11.6 Å². The fraction of sp³-hybridized carbons (Fsp3) is 0.0909. The van der Waals surface area contributed by atoms with Crippen molar-refractivity contribution in [1.82, 2.24) is 9.55 Å². The normalized spacial score (nSPS) is 10.6. The van der Waals surface area contributed by atoms with Crippen molar-refractivity contribution in [2.24, 2.45) is 0 Å². The van der Waals surface area contributed by atoms with Gasteiger partial charge >= 0.3 is 0 Å². The zero-order valence-corrected chi connectivity index (χ0v) is 9.79. The molecule has 0 unspecified atom stereocenters. The predicted octanol–water partition coefficient (Wildman–Crippen LogP) is 1.81. The van der Waals surface area contributed by atoms with E-state index >= 15 is 0 Å². The molecule has 2 N–H and O–H groups in total. The quantitative estimate of drug-likeness (QED) is 0.848. The number of hydrogen-bond donors (Lipinski definition) is 1. The maximum Gasteiger partial charge on any atom is 0.278 e. The average Bonchev–Trinajstić information content (AvgIpc) is 2.34. The molecule has 0 aliphatic rings. The molecule has 1 aromatic heterocycles. The van der Waals surface area contributed by atoms with E-state index in [1.807, 2.05) is 0 Å². The van der Waals surface area contributed by atoms with E-state index in [0.717, 1.165) is 16.7 Å². The second-order valence-electron chi connectivity index (χ2n) is 3.63. The van der Waals surface area contributed by atoms with Gasteiger partial charge in [0.25, 0.3) is 5.56 Å². The highest BCUT2D eigenvalue weighted by Gasteiger charge is 2.08. The first-order valence-electron chi connectivity index (χ1n) is 4.93. The molecule has 1 heterocycles. The maximum absolute atomic E-state index is 13.0. The molecule has 18 heavy (non-hydrogen) atoms. The fourth-order valence-corrected chi connectivity index (χ4v) is 1.56. The highest BCUT2D eigenvalue weighted by atomic mass is 35.5. The topological polar surface area (TPSA) is 60.9 Å². The summed E-state index contributed by atoms with van der Waals surface area (Å²) in [6.07, 6.45) is 1.20. The van der Waals surface area contributed by atoms with Crippen LogP contribution in [0.2, 0.25) is 5.15 Å². The van der Waals surface area contributed by atoms with Crippen LogP contribution in [0.25, 0.3) is 0 Å². The van der Waals surface area contributed by atoms with Crippen LogP contribution in [-0.2, 0) is 6.54 Å². The first kappa shape index (κ1) is 12.5. The van der Waals surface area contributed by atoms with Gasteiger partial charge in [0.05, 0.1) is 12.9 Å². The van der Waals surface area contributed by atoms with E-state index in [0.29, 0.717) is 5.56 Å². The molecule has 0 aliphatic heterocycles. The van der Waals surface area contributed by atoms with Gasteiger partial charge in [-0.2, -0.15) is 0 Å². The van der Waals surface area contributed by atoms with Crippen molar-refractivity contribution in [2.75, 3.05) is 5.73 Å². The minimum Gasteiger partial charge on any atom is -0.392 e. The lowest BCUT2D eigenvalue weighted by atomic mass is 10.2. The number of hydrogen-bond acceptors (Lipinski definition) is 3. The van der Waals surface area contributed by atoms with Crippen LogP contribution in [0.3, 0.4) is 0 Å². The highest BCUT2D eigenvalue weighted by Crippen LogP contribution is 2.11. The van der Waals surface area contributed by atoms with Crippen LogP contribution in [-0.4, -0.2) is 9.55 Å². The standard InChI is InChI=1S/C11H8ClF2N3O/c12-10-9(15)11(18)17(5-16-10)4-6-1-2-7(13)8(14)3-6/h1-3,5H,4,15H2. The number of nitrogens with zero attached hydrogens (tertiary/aromatic N) is 2. The summed E-state index contributed by atoms with van der Waals surface area (Å²) in [5.74, 6) is -1.92. The van der Waals surface area contributed by atoms with E-state index in [1.165, 1.54) is 12.4 Å². The molecule has 0 saturated heterocycles. The van der Waals surface area contributed by atoms with Crippen LogP contribution < -0.4 is 11.3 Å². The summed E-state index contributed by atoms with van der Waals surface area (Å²) in [4.78, 5) is 15.4. The molecule has 0 amide bonds. The molecular weight excluding hydrogens is 264 g/mol. The van der Waals surface area contributed by atoms with Crippen molar-refractivity contribution >= 4 is 17.3 Å². The van der Waals surface area contributed by atoms with Gasteiger partial charge in [-0.1, -0.05) is 17.7 Å². The van der Waals surface area contributed by atoms with E-state index < -0.39 is 17.2 Å². The lowest BCUT2D eigenvalue weighted by Gasteiger charge is -2.07. The van der Waals surface area contributed by atoms with E-state index in [9.17, 15) is 13.6 Å². The minimum atomic E-state index is -0.976. The third kappa shape index (κ3) is 2.33. The average molecular weight is 272 g/mol. The molecule has 0 aliphatic carbocycles. The Kier molecular flexibility index (Phi) is 3.29. The van der Waals surface area contributed by atoms with E-state index in [2.05, 4.69) is 4.98 Å². The second-order valence-corrected chi connectivity index (χ2v) is 3.99. The molecule has 0 saturated carbocycles. The third-order valence-electron chi connectivity index (χ3n) is 2.36. The lowest BCUT2D eigenvalue weighted by Crippen LogP contribution is -2.24. The van der Waals surface area contributed by atoms with E-state index in [4.69, 9.17) is 17.3 Å². The lowest BCUT2D eigenvalue weighted by molar-refractivity contribution is 0.506. The molecule has 0 spiro atoms. The summed E-state index contributed by atoms with van der Waals surface area (Å²) in [6, 6.07) is 3.37. The number of benzene rings is 1. The summed E-state index contributed by atoms with van der Waals surface area (Å²) in [6.45, 7) is 0.0321. The van der Waals surface area contributed by atoms with Crippen molar-refractivity contribution in [1.29, 1.82) is 0 Å². The summed E-state index contributed by atoms with van der Waals surface area (Å²) < 4.78 is 26.9. The zero-order chi connectivity index (χ0) is 13.3. The number of nitrogen functional groups attached to an aromatic ring is 1. The molecule has 7 heteroatoms. The van der Waals surface area contributed by atoms with Crippen LogP contribution in [0.4, 0.5) is 14.5 Å². The number of nitrogens with two attached hydrogens (primary N) is 1. The summed E-state index contributed by atoms with van der Waals surface area (Å²) in [5.41, 5.74) is 5.14. The van der Waals surface area contributed by atoms with Gasteiger partial charge in [0, 0.05) is 0 Å². The molecule has 0 radical (unpaired) electrons. The van der Waals surface area contributed by atoms with Crippen LogP contribution in [0.5, 0.6) is 0 Å². The molecule has 2 rings (SSSR count). The third-order valence-corrected chi connectivity index (χ3v) is 2.66. The van der Waals surface area contributed by atoms with E-state index in [-0.39, 0.29) is 17.4 Å². The van der Waals surface area contributed by atoms with Crippen molar-refractivity contribution in [2.45, 2.75) is 6.54 Å². The Morgan fingerprint density at radius 1 is 1.33 bits per heavy atom. The summed E-state index contributed by atoms with van der Waals surface area (Å²) >= 11 is 5.58. The number of aromatic nitrogens is 2. The molecule has 1 aromatic carbocycles. The summed E-state index contributed by atoms with van der Waals surface area (Å²) in [7, 11) is 0. The molecule has 0 atom stereocenters. The molecule has 0 bridgehead atoms. The van der Waals surface area contributed by atoms with Gasteiger partial charge < -0.3 is 5.73 Å². The SMILES string of the molecule is Nc1c(Cl)ncn(Cc2ccc(F)c(F)c2)c1=O. The van der Waals surface area contributed by atoms with Gasteiger partial charge in [-0.3, -0.25) is 9.36 Å².